The topological polar surface area (TPSA) is 75.4 Å². The molecule has 1 aliphatic rings. The average Bonchev–Trinajstić information content (AvgIpc) is 2.26. The van der Waals surface area contributed by atoms with E-state index in [1.54, 1.807) is 11.8 Å². The minimum Gasteiger partial charge on any atom is -0.368 e. The maximum absolute atomic E-state index is 12.0. The van der Waals surface area contributed by atoms with Crippen molar-refractivity contribution in [2.75, 3.05) is 13.1 Å². The molecule has 1 saturated heterocycles. The molecule has 5 heteroatoms. The van der Waals surface area contributed by atoms with Gasteiger partial charge < -0.3 is 16.0 Å². The van der Waals surface area contributed by atoms with Gasteiger partial charge in [-0.2, -0.15) is 0 Å². The van der Waals surface area contributed by atoms with E-state index in [0.29, 0.717) is 6.54 Å². The van der Waals surface area contributed by atoms with Crippen LogP contribution in [0, 0.1) is 0 Å². The number of hydrogen-bond acceptors (Lipinski definition) is 3. The molecule has 1 heterocycles. The monoisotopic (exact) mass is 227 g/mol. The van der Waals surface area contributed by atoms with E-state index in [1.807, 2.05) is 0 Å². The average molecular weight is 227 g/mol. The summed E-state index contributed by atoms with van der Waals surface area (Å²) in [6.07, 6.45) is 2.76. The highest BCUT2D eigenvalue weighted by Crippen LogP contribution is 2.14. The van der Waals surface area contributed by atoms with Gasteiger partial charge >= 0.3 is 0 Å². The Kier molecular flexibility index (Phi) is 4.73. The summed E-state index contributed by atoms with van der Waals surface area (Å²) in [4.78, 5) is 24.7. The number of piperidine rings is 1. The summed E-state index contributed by atoms with van der Waals surface area (Å²) >= 11 is 0. The molecule has 16 heavy (non-hydrogen) atoms. The molecule has 0 aromatic rings. The molecule has 1 aliphatic heterocycles. The van der Waals surface area contributed by atoms with Gasteiger partial charge in [0.15, 0.2) is 0 Å². The van der Waals surface area contributed by atoms with E-state index < -0.39 is 11.9 Å². The largest absolute Gasteiger partial charge is 0.368 e. The van der Waals surface area contributed by atoms with Gasteiger partial charge in [0.1, 0.15) is 6.04 Å². The summed E-state index contributed by atoms with van der Waals surface area (Å²) in [5.41, 5.74) is 5.22. The quantitative estimate of drug-likeness (QED) is 0.686. The number of primary amides is 1. The maximum atomic E-state index is 12.0. The summed E-state index contributed by atoms with van der Waals surface area (Å²) in [6.45, 7) is 5.20. The molecule has 0 aromatic carbocycles. The van der Waals surface area contributed by atoms with Crippen molar-refractivity contribution in [3.63, 3.8) is 0 Å². The van der Waals surface area contributed by atoms with Gasteiger partial charge in [0, 0.05) is 6.54 Å². The van der Waals surface area contributed by atoms with Gasteiger partial charge in [-0.05, 0) is 32.7 Å². The van der Waals surface area contributed by atoms with Crippen molar-refractivity contribution >= 4 is 11.8 Å². The van der Waals surface area contributed by atoms with Gasteiger partial charge in [-0.15, -0.1) is 0 Å². The van der Waals surface area contributed by atoms with Crippen molar-refractivity contribution in [2.24, 2.45) is 5.73 Å². The van der Waals surface area contributed by atoms with Crippen molar-refractivity contribution in [3.8, 4) is 0 Å². The highest BCUT2D eigenvalue weighted by molar-refractivity contribution is 5.89. The standard InChI is InChI=1S/C11H21N3O2/c1-3-6-13-9-5-4-7-14(11(9)16)8(2)10(12)15/h8-9,13H,3-7H2,1-2H3,(H2,12,15). The van der Waals surface area contributed by atoms with E-state index in [4.69, 9.17) is 5.73 Å². The van der Waals surface area contributed by atoms with Gasteiger partial charge in [0.05, 0.1) is 6.04 Å². The Morgan fingerprint density at radius 1 is 1.69 bits per heavy atom. The van der Waals surface area contributed by atoms with Crippen molar-refractivity contribution in [3.05, 3.63) is 0 Å². The Balaban J connectivity index is 2.60. The highest BCUT2D eigenvalue weighted by Gasteiger charge is 2.32. The van der Waals surface area contributed by atoms with Crippen LogP contribution in [0.3, 0.4) is 0 Å². The first-order chi connectivity index (χ1) is 7.57. The number of nitrogens with zero attached hydrogens (tertiary/aromatic N) is 1. The number of hydrogen-bond donors (Lipinski definition) is 2. The lowest BCUT2D eigenvalue weighted by Crippen LogP contribution is -2.56. The Bertz CT molecular complexity index is 268. The lowest BCUT2D eigenvalue weighted by Gasteiger charge is -2.35. The number of likely N-dealkylation sites (tertiary alicyclic amines) is 1. The van der Waals surface area contributed by atoms with E-state index in [0.717, 1.165) is 25.8 Å². The number of carbonyl (C=O) groups excluding carboxylic acids is 2. The second-order valence-electron chi connectivity index (χ2n) is 4.26. The molecule has 2 unspecified atom stereocenters. The van der Waals surface area contributed by atoms with Crippen LogP contribution in [0.4, 0.5) is 0 Å². The van der Waals surface area contributed by atoms with Gasteiger partial charge in [-0.1, -0.05) is 6.92 Å². The third kappa shape index (κ3) is 2.95. The van der Waals surface area contributed by atoms with Crippen molar-refractivity contribution in [1.29, 1.82) is 0 Å². The fourth-order valence-corrected chi connectivity index (χ4v) is 1.95. The first kappa shape index (κ1) is 13.0. The Labute approximate surface area is 96.4 Å². The van der Waals surface area contributed by atoms with Crippen LogP contribution in [0.1, 0.15) is 33.1 Å². The van der Waals surface area contributed by atoms with Crippen molar-refractivity contribution in [1.82, 2.24) is 10.2 Å². The van der Waals surface area contributed by atoms with Crippen LogP contribution >= 0.6 is 0 Å². The van der Waals surface area contributed by atoms with E-state index in [9.17, 15) is 9.59 Å². The molecular formula is C11H21N3O2. The lowest BCUT2D eigenvalue weighted by atomic mass is 10.0. The third-order valence-electron chi connectivity index (χ3n) is 2.99. The highest BCUT2D eigenvalue weighted by atomic mass is 16.2. The molecular weight excluding hydrogens is 206 g/mol. The van der Waals surface area contributed by atoms with Gasteiger partial charge in [-0.25, -0.2) is 0 Å². The predicted octanol–water partition coefficient (Wildman–Crippen LogP) is -0.149. The number of nitrogens with one attached hydrogen (secondary N) is 1. The number of carbonyl (C=O) groups is 2. The molecule has 0 saturated carbocycles. The van der Waals surface area contributed by atoms with Gasteiger partial charge in [0.25, 0.3) is 0 Å². The van der Waals surface area contributed by atoms with Crippen LogP contribution in [0.5, 0.6) is 0 Å². The normalized spacial score (nSPS) is 23.2. The first-order valence-electron chi connectivity index (χ1n) is 5.91. The van der Waals surface area contributed by atoms with Crippen LogP contribution in [0.2, 0.25) is 0 Å². The van der Waals surface area contributed by atoms with Crippen molar-refractivity contribution in [2.45, 2.75) is 45.2 Å². The molecule has 0 bridgehead atoms. The third-order valence-corrected chi connectivity index (χ3v) is 2.99. The SMILES string of the molecule is CCCNC1CCCN(C(C)C(N)=O)C1=O. The van der Waals surface area contributed by atoms with Crippen molar-refractivity contribution < 1.29 is 9.59 Å². The second-order valence-corrected chi connectivity index (χ2v) is 4.26. The fraction of sp³-hybridized carbons (Fsp3) is 0.818. The summed E-state index contributed by atoms with van der Waals surface area (Å²) in [7, 11) is 0. The molecule has 0 spiro atoms. The molecule has 0 aromatic heterocycles. The second kappa shape index (κ2) is 5.84. The lowest BCUT2D eigenvalue weighted by molar-refractivity contribution is -0.142. The first-order valence-corrected chi connectivity index (χ1v) is 5.91. The van der Waals surface area contributed by atoms with E-state index >= 15 is 0 Å². The van der Waals surface area contributed by atoms with E-state index in [2.05, 4.69) is 12.2 Å². The maximum Gasteiger partial charge on any atom is 0.240 e. The summed E-state index contributed by atoms with van der Waals surface area (Å²) in [5, 5.41) is 3.20. The zero-order valence-electron chi connectivity index (χ0n) is 10.0. The number of nitrogens with two attached hydrogens (primary N) is 1. The molecule has 2 amide bonds. The minimum atomic E-state index is -0.501. The van der Waals surface area contributed by atoms with Crippen LogP contribution in [-0.4, -0.2) is 41.9 Å². The smallest absolute Gasteiger partial charge is 0.240 e. The number of amides is 2. The summed E-state index contributed by atoms with van der Waals surface area (Å²) in [5.74, 6) is -0.435. The van der Waals surface area contributed by atoms with Crippen LogP contribution in [0.15, 0.2) is 0 Å². The number of rotatable bonds is 5. The summed E-state index contributed by atoms with van der Waals surface area (Å²) < 4.78 is 0. The summed E-state index contributed by atoms with van der Waals surface area (Å²) in [6, 6.07) is -0.644. The van der Waals surface area contributed by atoms with Crippen LogP contribution < -0.4 is 11.1 Å². The molecule has 0 radical (unpaired) electrons. The molecule has 0 aliphatic carbocycles. The zero-order valence-corrected chi connectivity index (χ0v) is 10.0. The zero-order chi connectivity index (χ0) is 12.1. The molecule has 1 rings (SSSR count). The molecule has 5 nitrogen and oxygen atoms in total. The van der Waals surface area contributed by atoms with Gasteiger partial charge in [0.2, 0.25) is 11.8 Å². The molecule has 1 fully saturated rings. The molecule has 3 N–H and O–H groups in total. The predicted molar refractivity (Wildman–Crippen MR) is 61.7 cm³/mol. The van der Waals surface area contributed by atoms with E-state index in [-0.39, 0.29) is 11.9 Å². The van der Waals surface area contributed by atoms with Crippen LogP contribution in [0.25, 0.3) is 0 Å². The Hall–Kier alpha value is -1.10. The molecule has 2 atom stereocenters. The van der Waals surface area contributed by atoms with Crippen LogP contribution in [-0.2, 0) is 9.59 Å². The Morgan fingerprint density at radius 3 is 2.94 bits per heavy atom. The Morgan fingerprint density at radius 2 is 2.38 bits per heavy atom. The minimum absolute atomic E-state index is 0.00556. The fourth-order valence-electron chi connectivity index (χ4n) is 1.95. The molecule has 92 valence electrons. The van der Waals surface area contributed by atoms with Gasteiger partial charge in [-0.3, -0.25) is 9.59 Å². The van der Waals surface area contributed by atoms with E-state index in [1.165, 1.54) is 0 Å².